The first kappa shape index (κ1) is 13.5. The first-order valence-corrected chi connectivity index (χ1v) is 7.25. The lowest BCUT2D eigenvalue weighted by molar-refractivity contribution is 0.125. The van der Waals surface area contributed by atoms with E-state index in [9.17, 15) is 5.11 Å². The van der Waals surface area contributed by atoms with Gasteiger partial charge in [-0.2, -0.15) is 0 Å². The summed E-state index contributed by atoms with van der Waals surface area (Å²) in [5.41, 5.74) is 7.98. The number of aliphatic hydroxyl groups excluding tert-OH is 1. The minimum absolute atomic E-state index is 0.248. The largest absolute Gasteiger partial charge is 0.387 e. The molecule has 1 aliphatic rings. The highest BCUT2D eigenvalue weighted by molar-refractivity contribution is 5.79. The quantitative estimate of drug-likeness (QED) is 0.888. The number of aliphatic hydroxyl groups is 1. The maximum Gasteiger partial charge on any atom is 0.0953 e. The summed E-state index contributed by atoms with van der Waals surface area (Å²) in [6.45, 7) is 2.95. The highest BCUT2D eigenvalue weighted by atomic mass is 16.3. The van der Waals surface area contributed by atoms with E-state index in [-0.39, 0.29) is 6.04 Å². The number of nitrogens with zero attached hydrogens (tertiary/aromatic N) is 2. The van der Waals surface area contributed by atoms with Gasteiger partial charge in [-0.1, -0.05) is 12.1 Å². The number of hydrogen-bond acceptors (Lipinski definition) is 4. The van der Waals surface area contributed by atoms with Gasteiger partial charge in [-0.15, -0.1) is 0 Å². The molecule has 4 nitrogen and oxygen atoms in total. The van der Waals surface area contributed by atoms with Gasteiger partial charge in [0.05, 0.1) is 11.6 Å². The van der Waals surface area contributed by atoms with Gasteiger partial charge in [0.2, 0.25) is 0 Å². The number of nitrogens with two attached hydrogens (primary N) is 1. The lowest BCUT2D eigenvalue weighted by Gasteiger charge is -2.24. The standard InChI is InChI=1S/C16H21N3O/c17-14(11-19-8-1-2-9-19)16(20)13-5-6-15-12(10-13)4-3-7-18-15/h3-7,10,14,16,20H,1-2,8-9,11,17H2/t14-,16?/m1/s1. The van der Waals surface area contributed by atoms with Crippen molar-refractivity contribution in [2.75, 3.05) is 19.6 Å². The number of rotatable bonds is 4. The monoisotopic (exact) mass is 271 g/mol. The van der Waals surface area contributed by atoms with Crippen molar-refractivity contribution < 1.29 is 5.11 Å². The molecule has 1 aliphatic heterocycles. The van der Waals surface area contributed by atoms with Crippen molar-refractivity contribution in [1.29, 1.82) is 0 Å². The molecule has 1 fully saturated rings. The second kappa shape index (κ2) is 5.87. The predicted molar refractivity (Wildman–Crippen MR) is 80.4 cm³/mol. The summed E-state index contributed by atoms with van der Waals surface area (Å²) < 4.78 is 0. The van der Waals surface area contributed by atoms with Crippen LogP contribution >= 0.6 is 0 Å². The average Bonchev–Trinajstić information content (AvgIpc) is 2.99. The highest BCUT2D eigenvalue weighted by Gasteiger charge is 2.21. The molecule has 0 amide bonds. The van der Waals surface area contributed by atoms with Gasteiger partial charge in [0, 0.05) is 24.2 Å². The summed E-state index contributed by atoms with van der Waals surface area (Å²) in [5.74, 6) is 0. The van der Waals surface area contributed by atoms with E-state index in [1.165, 1.54) is 12.8 Å². The molecule has 2 atom stereocenters. The Labute approximate surface area is 119 Å². The second-order valence-electron chi connectivity index (χ2n) is 5.57. The summed E-state index contributed by atoms with van der Waals surface area (Å²) in [5, 5.41) is 11.5. The predicted octanol–water partition coefficient (Wildman–Crippen LogP) is 1.69. The maximum atomic E-state index is 10.4. The molecular weight excluding hydrogens is 250 g/mol. The second-order valence-corrected chi connectivity index (χ2v) is 5.57. The molecule has 2 aromatic rings. The van der Waals surface area contributed by atoms with Gasteiger partial charge < -0.3 is 15.7 Å². The van der Waals surface area contributed by atoms with Crippen LogP contribution in [0.5, 0.6) is 0 Å². The van der Waals surface area contributed by atoms with Gasteiger partial charge in [0.1, 0.15) is 0 Å². The molecule has 0 spiro atoms. The Morgan fingerprint density at radius 1 is 1.25 bits per heavy atom. The van der Waals surface area contributed by atoms with E-state index in [2.05, 4.69) is 9.88 Å². The van der Waals surface area contributed by atoms with Crippen LogP contribution in [0.1, 0.15) is 24.5 Å². The number of pyridine rings is 1. The SMILES string of the molecule is N[C@H](CN1CCCC1)C(O)c1ccc2ncccc2c1. The first-order chi connectivity index (χ1) is 9.74. The van der Waals surface area contributed by atoms with Crippen LogP contribution in [0.3, 0.4) is 0 Å². The Hall–Kier alpha value is -1.49. The van der Waals surface area contributed by atoms with Crippen molar-refractivity contribution in [2.24, 2.45) is 5.73 Å². The Balaban J connectivity index is 1.75. The summed E-state index contributed by atoms with van der Waals surface area (Å²) in [6, 6.07) is 9.51. The smallest absolute Gasteiger partial charge is 0.0953 e. The van der Waals surface area contributed by atoms with Crippen LogP contribution in [0, 0.1) is 0 Å². The van der Waals surface area contributed by atoms with Crippen LogP contribution in [-0.2, 0) is 0 Å². The molecule has 20 heavy (non-hydrogen) atoms. The number of aromatic nitrogens is 1. The van der Waals surface area contributed by atoms with Crippen molar-refractivity contribution in [3.05, 3.63) is 42.1 Å². The van der Waals surface area contributed by atoms with Crippen LogP contribution in [0.2, 0.25) is 0 Å². The van der Waals surface area contributed by atoms with Crippen LogP contribution < -0.4 is 5.73 Å². The third kappa shape index (κ3) is 2.82. The fourth-order valence-corrected chi connectivity index (χ4v) is 2.89. The minimum atomic E-state index is -0.625. The summed E-state index contributed by atoms with van der Waals surface area (Å²) in [6.07, 6.45) is 3.63. The van der Waals surface area contributed by atoms with E-state index < -0.39 is 6.10 Å². The van der Waals surface area contributed by atoms with Gasteiger partial charge in [0.15, 0.2) is 0 Å². The molecule has 1 unspecified atom stereocenters. The van der Waals surface area contributed by atoms with E-state index in [4.69, 9.17) is 5.73 Å². The van der Waals surface area contributed by atoms with Gasteiger partial charge >= 0.3 is 0 Å². The van der Waals surface area contributed by atoms with E-state index in [0.29, 0.717) is 0 Å². The molecule has 1 saturated heterocycles. The fourth-order valence-electron chi connectivity index (χ4n) is 2.89. The van der Waals surface area contributed by atoms with E-state index >= 15 is 0 Å². The van der Waals surface area contributed by atoms with E-state index in [1.54, 1.807) is 6.20 Å². The summed E-state index contributed by atoms with van der Waals surface area (Å²) in [4.78, 5) is 6.62. The van der Waals surface area contributed by atoms with Gasteiger partial charge in [0.25, 0.3) is 0 Å². The topological polar surface area (TPSA) is 62.4 Å². The summed E-state index contributed by atoms with van der Waals surface area (Å²) >= 11 is 0. The molecule has 0 radical (unpaired) electrons. The third-order valence-corrected chi connectivity index (χ3v) is 4.04. The number of likely N-dealkylation sites (tertiary alicyclic amines) is 1. The van der Waals surface area contributed by atoms with Crippen molar-refractivity contribution in [3.63, 3.8) is 0 Å². The minimum Gasteiger partial charge on any atom is -0.387 e. The highest BCUT2D eigenvalue weighted by Crippen LogP contribution is 2.22. The lowest BCUT2D eigenvalue weighted by atomic mass is 10.0. The van der Waals surface area contributed by atoms with Crippen LogP contribution in [0.15, 0.2) is 36.5 Å². The Bertz CT molecular complexity index is 581. The first-order valence-electron chi connectivity index (χ1n) is 7.25. The van der Waals surface area contributed by atoms with Crippen LogP contribution in [0.4, 0.5) is 0 Å². The zero-order valence-electron chi connectivity index (χ0n) is 11.6. The van der Waals surface area contributed by atoms with Crippen molar-refractivity contribution in [3.8, 4) is 0 Å². The Morgan fingerprint density at radius 3 is 2.85 bits per heavy atom. The number of hydrogen-bond donors (Lipinski definition) is 2. The Morgan fingerprint density at radius 2 is 2.05 bits per heavy atom. The Kier molecular flexibility index (Phi) is 3.96. The normalized spacial score (nSPS) is 19.3. The van der Waals surface area contributed by atoms with Crippen molar-refractivity contribution in [2.45, 2.75) is 25.0 Å². The van der Waals surface area contributed by atoms with E-state index in [0.717, 1.165) is 36.1 Å². The number of fused-ring (bicyclic) bond motifs is 1. The third-order valence-electron chi connectivity index (χ3n) is 4.04. The molecule has 2 heterocycles. The average molecular weight is 271 g/mol. The van der Waals surface area contributed by atoms with Crippen molar-refractivity contribution in [1.82, 2.24) is 9.88 Å². The van der Waals surface area contributed by atoms with Crippen molar-refractivity contribution >= 4 is 10.9 Å². The molecule has 1 aromatic heterocycles. The molecule has 0 aliphatic carbocycles. The molecule has 106 valence electrons. The molecule has 3 N–H and O–H groups in total. The summed E-state index contributed by atoms with van der Waals surface area (Å²) in [7, 11) is 0. The fraction of sp³-hybridized carbons (Fsp3) is 0.438. The van der Waals surface area contributed by atoms with Gasteiger partial charge in [-0.05, 0) is 49.7 Å². The molecule has 0 saturated carbocycles. The molecule has 1 aromatic carbocycles. The van der Waals surface area contributed by atoms with Crippen LogP contribution in [-0.4, -0.2) is 40.7 Å². The lowest BCUT2D eigenvalue weighted by Crippen LogP contribution is -2.40. The van der Waals surface area contributed by atoms with Gasteiger partial charge in [-0.3, -0.25) is 4.98 Å². The zero-order chi connectivity index (χ0) is 13.9. The molecule has 0 bridgehead atoms. The van der Waals surface area contributed by atoms with Crippen LogP contribution in [0.25, 0.3) is 10.9 Å². The maximum absolute atomic E-state index is 10.4. The van der Waals surface area contributed by atoms with Gasteiger partial charge in [-0.25, -0.2) is 0 Å². The van der Waals surface area contributed by atoms with E-state index in [1.807, 2.05) is 30.3 Å². The number of benzene rings is 1. The molecular formula is C16H21N3O. The zero-order valence-corrected chi connectivity index (χ0v) is 11.6. The molecule has 4 heteroatoms. The molecule has 3 rings (SSSR count).